The number of nitrogens with zero attached hydrogens (tertiary/aromatic N) is 2. The van der Waals surface area contributed by atoms with Crippen LogP contribution in [0.1, 0.15) is 12.5 Å². The number of rotatable bonds is 6. The molecular formula is C17H28N4O2. The van der Waals surface area contributed by atoms with Crippen molar-refractivity contribution in [3.8, 4) is 5.75 Å². The van der Waals surface area contributed by atoms with Gasteiger partial charge in [-0.05, 0) is 31.7 Å². The molecule has 0 amide bonds. The Morgan fingerprint density at radius 3 is 2.78 bits per heavy atom. The average Bonchev–Trinajstić information content (AvgIpc) is 2.58. The molecule has 1 aliphatic rings. The van der Waals surface area contributed by atoms with E-state index in [0.29, 0.717) is 6.54 Å². The molecule has 6 heteroatoms. The Kier molecular flexibility index (Phi) is 7.16. The standard InChI is InChI=1S/C17H28N4O2/c1-4-18-17(20-12-16-13-21(2)9-10-23-16)19-11-14-5-7-15(22-3)8-6-14/h5-8,16H,4,9-13H2,1-3H3,(H2,18,19,20). The molecule has 0 saturated carbocycles. The molecule has 1 aliphatic heterocycles. The van der Waals surface area contributed by atoms with Crippen molar-refractivity contribution in [1.29, 1.82) is 0 Å². The van der Waals surface area contributed by atoms with Crippen molar-refractivity contribution < 1.29 is 9.47 Å². The lowest BCUT2D eigenvalue weighted by Crippen LogP contribution is -2.48. The predicted octanol–water partition coefficient (Wildman–Crippen LogP) is 1.08. The van der Waals surface area contributed by atoms with Gasteiger partial charge in [0.25, 0.3) is 0 Å². The molecule has 128 valence electrons. The van der Waals surface area contributed by atoms with Gasteiger partial charge in [-0.25, -0.2) is 4.99 Å². The predicted molar refractivity (Wildman–Crippen MR) is 93.0 cm³/mol. The SMILES string of the molecule is CCNC(=NCc1ccc(OC)cc1)NCC1CN(C)CCO1. The highest BCUT2D eigenvalue weighted by atomic mass is 16.5. The zero-order chi connectivity index (χ0) is 16.5. The van der Waals surface area contributed by atoms with Crippen LogP contribution in [0.3, 0.4) is 0 Å². The summed E-state index contributed by atoms with van der Waals surface area (Å²) >= 11 is 0. The summed E-state index contributed by atoms with van der Waals surface area (Å²) in [5.41, 5.74) is 1.15. The average molecular weight is 320 g/mol. The molecule has 1 aromatic carbocycles. The van der Waals surface area contributed by atoms with E-state index in [1.807, 2.05) is 24.3 Å². The highest BCUT2D eigenvalue weighted by molar-refractivity contribution is 5.79. The van der Waals surface area contributed by atoms with Gasteiger partial charge in [-0.3, -0.25) is 0 Å². The highest BCUT2D eigenvalue weighted by Crippen LogP contribution is 2.11. The van der Waals surface area contributed by atoms with Gasteiger partial charge in [-0.1, -0.05) is 12.1 Å². The fraction of sp³-hybridized carbons (Fsp3) is 0.588. The fourth-order valence-electron chi connectivity index (χ4n) is 2.44. The number of benzene rings is 1. The Morgan fingerprint density at radius 1 is 1.35 bits per heavy atom. The zero-order valence-electron chi connectivity index (χ0n) is 14.3. The quantitative estimate of drug-likeness (QED) is 0.607. The van der Waals surface area contributed by atoms with Crippen molar-refractivity contribution in [1.82, 2.24) is 15.5 Å². The van der Waals surface area contributed by atoms with E-state index in [1.165, 1.54) is 0 Å². The number of hydrogen-bond acceptors (Lipinski definition) is 4. The first-order valence-corrected chi connectivity index (χ1v) is 8.16. The Bertz CT molecular complexity index is 490. The summed E-state index contributed by atoms with van der Waals surface area (Å²) in [4.78, 5) is 6.92. The first-order chi connectivity index (χ1) is 11.2. The molecule has 0 bridgehead atoms. The van der Waals surface area contributed by atoms with Gasteiger partial charge in [-0.2, -0.15) is 0 Å². The summed E-state index contributed by atoms with van der Waals surface area (Å²) in [5, 5.41) is 6.64. The Balaban J connectivity index is 1.85. The van der Waals surface area contributed by atoms with Crippen LogP contribution in [0.2, 0.25) is 0 Å². The summed E-state index contributed by atoms with van der Waals surface area (Å²) in [5.74, 6) is 1.68. The number of nitrogens with one attached hydrogen (secondary N) is 2. The van der Waals surface area contributed by atoms with E-state index in [1.54, 1.807) is 7.11 Å². The molecule has 1 heterocycles. The Morgan fingerprint density at radius 2 is 2.13 bits per heavy atom. The van der Waals surface area contributed by atoms with Crippen LogP contribution in [0.5, 0.6) is 5.75 Å². The first-order valence-electron chi connectivity index (χ1n) is 8.16. The van der Waals surface area contributed by atoms with Crippen LogP contribution >= 0.6 is 0 Å². The molecule has 6 nitrogen and oxygen atoms in total. The summed E-state index contributed by atoms with van der Waals surface area (Å²) in [7, 11) is 3.80. The van der Waals surface area contributed by atoms with Gasteiger partial charge in [0.1, 0.15) is 5.75 Å². The number of ether oxygens (including phenoxy) is 2. The third-order valence-electron chi connectivity index (χ3n) is 3.76. The minimum Gasteiger partial charge on any atom is -0.497 e. The second-order valence-electron chi connectivity index (χ2n) is 5.68. The molecule has 23 heavy (non-hydrogen) atoms. The number of morpholine rings is 1. The fourth-order valence-corrected chi connectivity index (χ4v) is 2.44. The molecule has 0 radical (unpaired) electrons. The molecule has 0 spiro atoms. The van der Waals surface area contributed by atoms with Crippen molar-refractivity contribution in [3.63, 3.8) is 0 Å². The third kappa shape index (κ3) is 6.08. The minimum atomic E-state index is 0.207. The lowest BCUT2D eigenvalue weighted by Gasteiger charge is -2.30. The molecule has 1 atom stereocenters. The number of aliphatic imine (C=N–C) groups is 1. The maximum atomic E-state index is 5.76. The van der Waals surface area contributed by atoms with Crippen molar-refractivity contribution >= 4 is 5.96 Å². The van der Waals surface area contributed by atoms with E-state index in [4.69, 9.17) is 9.47 Å². The van der Waals surface area contributed by atoms with E-state index in [-0.39, 0.29) is 6.10 Å². The number of guanidine groups is 1. The smallest absolute Gasteiger partial charge is 0.191 e. The Labute approximate surface area is 138 Å². The van der Waals surface area contributed by atoms with Crippen LogP contribution in [-0.2, 0) is 11.3 Å². The van der Waals surface area contributed by atoms with Crippen molar-refractivity contribution in [3.05, 3.63) is 29.8 Å². The van der Waals surface area contributed by atoms with E-state index in [2.05, 4.69) is 34.5 Å². The van der Waals surface area contributed by atoms with Gasteiger partial charge in [0, 0.05) is 26.2 Å². The van der Waals surface area contributed by atoms with Crippen molar-refractivity contribution in [2.75, 3.05) is 46.9 Å². The second kappa shape index (κ2) is 9.37. The zero-order valence-corrected chi connectivity index (χ0v) is 14.3. The summed E-state index contributed by atoms with van der Waals surface area (Å²) in [6, 6.07) is 7.98. The van der Waals surface area contributed by atoms with Gasteiger partial charge >= 0.3 is 0 Å². The van der Waals surface area contributed by atoms with Gasteiger partial charge in [0.2, 0.25) is 0 Å². The molecule has 1 saturated heterocycles. The topological polar surface area (TPSA) is 58.1 Å². The Hall–Kier alpha value is -1.79. The van der Waals surface area contributed by atoms with E-state index >= 15 is 0 Å². The molecule has 1 fully saturated rings. The third-order valence-corrected chi connectivity index (χ3v) is 3.76. The van der Waals surface area contributed by atoms with Crippen LogP contribution in [0, 0.1) is 0 Å². The summed E-state index contributed by atoms with van der Waals surface area (Å²) < 4.78 is 10.9. The highest BCUT2D eigenvalue weighted by Gasteiger charge is 2.17. The second-order valence-corrected chi connectivity index (χ2v) is 5.68. The minimum absolute atomic E-state index is 0.207. The molecule has 1 aromatic rings. The van der Waals surface area contributed by atoms with Crippen LogP contribution in [0.25, 0.3) is 0 Å². The molecule has 1 unspecified atom stereocenters. The van der Waals surface area contributed by atoms with Crippen molar-refractivity contribution in [2.24, 2.45) is 4.99 Å². The van der Waals surface area contributed by atoms with Crippen LogP contribution < -0.4 is 15.4 Å². The van der Waals surface area contributed by atoms with Gasteiger partial charge in [0.15, 0.2) is 5.96 Å². The summed E-state index contributed by atoms with van der Waals surface area (Å²) in [6.07, 6.45) is 0.207. The maximum Gasteiger partial charge on any atom is 0.191 e. The largest absolute Gasteiger partial charge is 0.497 e. The normalized spacial score (nSPS) is 19.4. The number of hydrogen-bond donors (Lipinski definition) is 2. The van der Waals surface area contributed by atoms with Gasteiger partial charge in [0.05, 0.1) is 26.4 Å². The lowest BCUT2D eigenvalue weighted by molar-refractivity contribution is -0.0161. The van der Waals surface area contributed by atoms with Crippen LogP contribution in [-0.4, -0.2) is 63.9 Å². The van der Waals surface area contributed by atoms with Crippen LogP contribution in [0.4, 0.5) is 0 Å². The lowest BCUT2D eigenvalue weighted by atomic mass is 10.2. The van der Waals surface area contributed by atoms with Gasteiger partial charge < -0.3 is 25.0 Å². The monoisotopic (exact) mass is 320 g/mol. The van der Waals surface area contributed by atoms with Gasteiger partial charge in [-0.15, -0.1) is 0 Å². The molecule has 0 aromatic heterocycles. The first kappa shape index (κ1) is 17.6. The molecule has 0 aliphatic carbocycles. The van der Waals surface area contributed by atoms with E-state index in [9.17, 15) is 0 Å². The number of methoxy groups -OCH3 is 1. The molecule has 2 rings (SSSR count). The summed E-state index contributed by atoms with van der Waals surface area (Å²) in [6.45, 7) is 7.04. The molecule has 2 N–H and O–H groups in total. The van der Waals surface area contributed by atoms with E-state index < -0.39 is 0 Å². The van der Waals surface area contributed by atoms with E-state index in [0.717, 1.165) is 50.1 Å². The van der Waals surface area contributed by atoms with Crippen LogP contribution in [0.15, 0.2) is 29.3 Å². The van der Waals surface area contributed by atoms with Crippen molar-refractivity contribution in [2.45, 2.75) is 19.6 Å². The maximum absolute atomic E-state index is 5.76. The number of likely N-dealkylation sites (N-methyl/N-ethyl adjacent to an activating group) is 1. The molecular weight excluding hydrogens is 292 g/mol.